The number of carbonyl (C=O) groups excluding carboxylic acids is 1. The van der Waals surface area contributed by atoms with Crippen LogP contribution in [0.5, 0.6) is 5.75 Å². The van der Waals surface area contributed by atoms with Gasteiger partial charge in [-0.05, 0) is 42.2 Å². The standard InChI is InChI=1S/C21H26FN3O2/c1-16(12-17-5-6-20(27-2)19(22)13-17)15-24-8-10-25(11-9-24)21(26)18-4-3-7-23-14-18/h3-7,13-14,16H,8-12,15H2,1-2H3. The molecular formula is C21H26FN3O2. The van der Waals surface area contributed by atoms with Crippen LogP contribution in [0.15, 0.2) is 42.7 Å². The van der Waals surface area contributed by atoms with Crippen LogP contribution in [-0.4, -0.2) is 60.5 Å². The Morgan fingerprint density at radius 2 is 2.04 bits per heavy atom. The van der Waals surface area contributed by atoms with Crippen LogP contribution in [0.25, 0.3) is 0 Å². The van der Waals surface area contributed by atoms with Crippen LogP contribution >= 0.6 is 0 Å². The number of benzene rings is 1. The van der Waals surface area contributed by atoms with Crippen molar-refractivity contribution in [1.29, 1.82) is 0 Å². The third-order valence-corrected chi connectivity index (χ3v) is 4.94. The molecule has 2 heterocycles. The number of amides is 1. The summed E-state index contributed by atoms with van der Waals surface area (Å²) in [5, 5.41) is 0. The minimum absolute atomic E-state index is 0.0458. The maximum Gasteiger partial charge on any atom is 0.255 e. The van der Waals surface area contributed by atoms with Gasteiger partial charge in [0.2, 0.25) is 0 Å². The Balaban J connectivity index is 1.47. The van der Waals surface area contributed by atoms with Gasteiger partial charge in [0.25, 0.3) is 5.91 Å². The highest BCUT2D eigenvalue weighted by Gasteiger charge is 2.23. The number of aromatic nitrogens is 1. The van der Waals surface area contributed by atoms with Crippen LogP contribution in [0.2, 0.25) is 0 Å². The Hall–Kier alpha value is -2.47. The summed E-state index contributed by atoms with van der Waals surface area (Å²) in [6.07, 6.45) is 4.10. The van der Waals surface area contributed by atoms with E-state index in [0.29, 0.717) is 11.5 Å². The van der Waals surface area contributed by atoms with Gasteiger partial charge < -0.3 is 9.64 Å². The van der Waals surface area contributed by atoms with Gasteiger partial charge in [-0.15, -0.1) is 0 Å². The molecule has 1 aromatic carbocycles. The number of rotatable bonds is 6. The monoisotopic (exact) mass is 371 g/mol. The fourth-order valence-electron chi connectivity index (χ4n) is 3.55. The van der Waals surface area contributed by atoms with Crippen molar-refractivity contribution in [2.24, 2.45) is 5.92 Å². The summed E-state index contributed by atoms with van der Waals surface area (Å²) in [4.78, 5) is 20.8. The summed E-state index contributed by atoms with van der Waals surface area (Å²) in [5.74, 6) is 0.411. The average Bonchev–Trinajstić information content (AvgIpc) is 2.69. The number of pyridine rings is 1. The predicted octanol–water partition coefficient (Wildman–Crippen LogP) is 2.87. The molecule has 1 amide bonds. The van der Waals surface area contributed by atoms with E-state index in [2.05, 4.69) is 16.8 Å². The van der Waals surface area contributed by atoms with Gasteiger partial charge in [-0.2, -0.15) is 0 Å². The van der Waals surface area contributed by atoms with Crippen molar-refractivity contribution in [3.63, 3.8) is 0 Å². The number of nitrogens with zero attached hydrogens (tertiary/aromatic N) is 3. The molecule has 1 atom stereocenters. The van der Waals surface area contributed by atoms with Crippen LogP contribution < -0.4 is 4.74 Å². The molecule has 1 aliphatic heterocycles. The molecule has 5 nitrogen and oxygen atoms in total. The molecule has 0 saturated carbocycles. The van der Waals surface area contributed by atoms with E-state index in [4.69, 9.17) is 4.74 Å². The molecule has 0 bridgehead atoms. The third-order valence-electron chi connectivity index (χ3n) is 4.94. The summed E-state index contributed by atoms with van der Waals surface area (Å²) in [5.41, 5.74) is 1.62. The molecule has 1 saturated heterocycles. The lowest BCUT2D eigenvalue weighted by Crippen LogP contribution is -2.49. The quantitative estimate of drug-likeness (QED) is 0.783. The summed E-state index contributed by atoms with van der Waals surface area (Å²) < 4.78 is 18.8. The molecule has 1 aromatic heterocycles. The predicted molar refractivity (Wildman–Crippen MR) is 102 cm³/mol. The van der Waals surface area contributed by atoms with Gasteiger partial charge in [-0.25, -0.2) is 4.39 Å². The Kier molecular flexibility index (Phi) is 6.40. The molecule has 0 spiro atoms. The van der Waals surface area contributed by atoms with Gasteiger partial charge in [-0.3, -0.25) is 14.7 Å². The molecule has 0 aliphatic carbocycles. The smallest absolute Gasteiger partial charge is 0.255 e. The second-order valence-electron chi connectivity index (χ2n) is 7.11. The SMILES string of the molecule is COc1ccc(CC(C)CN2CCN(C(=O)c3cccnc3)CC2)cc1F. The molecule has 0 radical (unpaired) electrons. The summed E-state index contributed by atoms with van der Waals surface area (Å²) in [7, 11) is 1.47. The van der Waals surface area contributed by atoms with Crippen molar-refractivity contribution >= 4 is 5.91 Å². The van der Waals surface area contributed by atoms with Gasteiger partial charge in [0.1, 0.15) is 0 Å². The van der Waals surface area contributed by atoms with Crippen molar-refractivity contribution in [2.75, 3.05) is 39.8 Å². The maximum absolute atomic E-state index is 13.8. The normalized spacial score (nSPS) is 16.2. The molecule has 1 fully saturated rings. The maximum atomic E-state index is 13.8. The zero-order valence-electron chi connectivity index (χ0n) is 15.9. The first-order chi connectivity index (χ1) is 13.1. The second-order valence-corrected chi connectivity index (χ2v) is 7.11. The molecule has 27 heavy (non-hydrogen) atoms. The molecule has 144 valence electrons. The number of halogens is 1. The van der Waals surface area contributed by atoms with Crippen LogP contribution in [0.1, 0.15) is 22.8 Å². The van der Waals surface area contributed by atoms with E-state index in [0.717, 1.165) is 44.7 Å². The number of methoxy groups -OCH3 is 1. The van der Waals surface area contributed by atoms with E-state index in [9.17, 15) is 9.18 Å². The Morgan fingerprint density at radius 3 is 2.67 bits per heavy atom. The molecule has 1 aliphatic rings. The van der Waals surface area contributed by atoms with Crippen LogP contribution in [0.4, 0.5) is 4.39 Å². The molecule has 3 rings (SSSR count). The lowest BCUT2D eigenvalue weighted by Gasteiger charge is -2.36. The van der Waals surface area contributed by atoms with E-state index < -0.39 is 0 Å². The lowest BCUT2D eigenvalue weighted by atomic mass is 10.00. The minimum Gasteiger partial charge on any atom is -0.494 e. The third kappa shape index (κ3) is 5.04. The zero-order valence-corrected chi connectivity index (χ0v) is 15.9. The number of piperazine rings is 1. The van der Waals surface area contributed by atoms with Crippen molar-refractivity contribution in [3.05, 3.63) is 59.7 Å². The van der Waals surface area contributed by atoms with Crippen molar-refractivity contribution in [3.8, 4) is 5.75 Å². The van der Waals surface area contributed by atoms with Gasteiger partial charge in [0, 0.05) is 45.1 Å². The fourth-order valence-corrected chi connectivity index (χ4v) is 3.55. The van der Waals surface area contributed by atoms with E-state index in [1.54, 1.807) is 36.7 Å². The summed E-state index contributed by atoms with van der Waals surface area (Å²) in [6, 6.07) is 8.74. The topological polar surface area (TPSA) is 45.7 Å². The number of ether oxygens (including phenoxy) is 1. The van der Waals surface area contributed by atoms with E-state index >= 15 is 0 Å². The molecule has 6 heteroatoms. The largest absolute Gasteiger partial charge is 0.494 e. The Labute approximate surface area is 159 Å². The molecule has 2 aromatic rings. The van der Waals surface area contributed by atoms with Crippen molar-refractivity contribution < 1.29 is 13.9 Å². The minimum atomic E-state index is -0.315. The van der Waals surface area contributed by atoms with E-state index in [1.807, 2.05) is 11.0 Å². The van der Waals surface area contributed by atoms with Gasteiger partial charge >= 0.3 is 0 Å². The molecular weight excluding hydrogens is 345 g/mol. The van der Waals surface area contributed by atoms with Gasteiger partial charge in [0.15, 0.2) is 11.6 Å². The number of carbonyl (C=O) groups is 1. The summed E-state index contributed by atoms with van der Waals surface area (Å²) in [6.45, 7) is 6.26. The Bertz CT molecular complexity index is 761. The Morgan fingerprint density at radius 1 is 1.26 bits per heavy atom. The number of hydrogen-bond donors (Lipinski definition) is 0. The van der Waals surface area contributed by atoms with E-state index in [-0.39, 0.29) is 17.5 Å². The highest BCUT2D eigenvalue weighted by molar-refractivity contribution is 5.93. The second kappa shape index (κ2) is 8.95. The fraction of sp³-hybridized carbons (Fsp3) is 0.429. The first-order valence-corrected chi connectivity index (χ1v) is 9.31. The van der Waals surface area contributed by atoms with Gasteiger partial charge in [-0.1, -0.05) is 13.0 Å². The summed E-state index contributed by atoms with van der Waals surface area (Å²) >= 11 is 0. The average molecular weight is 371 g/mol. The van der Waals surface area contributed by atoms with Crippen molar-refractivity contribution in [1.82, 2.24) is 14.8 Å². The first-order valence-electron chi connectivity index (χ1n) is 9.31. The van der Waals surface area contributed by atoms with Gasteiger partial charge in [0.05, 0.1) is 12.7 Å². The van der Waals surface area contributed by atoms with E-state index in [1.165, 1.54) is 7.11 Å². The molecule has 1 unspecified atom stereocenters. The first kappa shape index (κ1) is 19.3. The number of hydrogen-bond acceptors (Lipinski definition) is 4. The van der Waals surface area contributed by atoms with Crippen LogP contribution in [0.3, 0.4) is 0 Å². The van der Waals surface area contributed by atoms with Crippen LogP contribution in [-0.2, 0) is 6.42 Å². The molecule has 0 N–H and O–H groups in total. The highest BCUT2D eigenvalue weighted by Crippen LogP contribution is 2.20. The van der Waals surface area contributed by atoms with Crippen molar-refractivity contribution in [2.45, 2.75) is 13.3 Å². The lowest BCUT2D eigenvalue weighted by molar-refractivity contribution is 0.0620. The highest BCUT2D eigenvalue weighted by atomic mass is 19.1. The zero-order chi connectivity index (χ0) is 19.2. The van der Waals surface area contributed by atoms with Crippen LogP contribution in [0, 0.1) is 11.7 Å².